The monoisotopic (exact) mass is 388 g/mol. The van der Waals surface area contributed by atoms with Crippen molar-refractivity contribution in [1.29, 1.82) is 0 Å². The van der Waals surface area contributed by atoms with E-state index in [0.717, 1.165) is 42.5 Å². The largest absolute Gasteiger partial charge is 0.486 e. The molecule has 1 amide bonds. The van der Waals surface area contributed by atoms with Crippen LogP contribution in [0.5, 0.6) is 5.75 Å². The number of ether oxygens (including phenoxy) is 1. The van der Waals surface area contributed by atoms with Crippen molar-refractivity contribution in [2.45, 2.75) is 64.4 Å². The second-order valence-corrected chi connectivity index (χ2v) is 8.26. The third kappa shape index (κ3) is 5.99. The highest BCUT2D eigenvalue weighted by molar-refractivity contribution is 7.99. The van der Waals surface area contributed by atoms with Crippen LogP contribution < -0.4 is 10.1 Å². The van der Waals surface area contributed by atoms with E-state index in [2.05, 4.69) is 53.0 Å². The molecule has 2 aromatic rings. The van der Waals surface area contributed by atoms with Crippen molar-refractivity contribution >= 4 is 17.7 Å². The Kier molecular flexibility index (Phi) is 6.77. The van der Waals surface area contributed by atoms with Crippen molar-refractivity contribution in [1.82, 2.24) is 20.1 Å². The third-order valence-corrected chi connectivity index (χ3v) is 5.28. The van der Waals surface area contributed by atoms with E-state index >= 15 is 0 Å². The number of hydrogen-bond acceptors (Lipinski definition) is 5. The van der Waals surface area contributed by atoms with Gasteiger partial charge >= 0.3 is 0 Å². The van der Waals surface area contributed by atoms with Crippen LogP contribution in [-0.2, 0) is 24.4 Å². The smallest absolute Gasteiger partial charge is 0.230 e. The van der Waals surface area contributed by atoms with E-state index in [9.17, 15) is 4.79 Å². The molecular formula is C20H28N4O2S. The summed E-state index contributed by atoms with van der Waals surface area (Å²) in [6.07, 6.45) is 3.21. The first-order valence-corrected chi connectivity index (χ1v) is 10.6. The number of benzene rings is 1. The molecule has 1 aromatic carbocycles. The molecule has 0 atom stereocenters. The van der Waals surface area contributed by atoms with Crippen molar-refractivity contribution in [3.8, 4) is 5.75 Å². The fourth-order valence-corrected chi connectivity index (χ4v) is 3.46. The lowest BCUT2D eigenvalue weighted by Gasteiger charge is -2.13. The number of nitrogens with one attached hydrogen (secondary N) is 1. The van der Waals surface area contributed by atoms with Gasteiger partial charge in [0.2, 0.25) is 5.91 Å². The van der Waals surface area contributed by atoms with Crippen LogP contribution in [0.3, 0.4) is 0 Å². The van der Waals surface area contributed by atoms with E-state index < -0.39 is 0 Å². The molecule has 27 heavy (non-hydrogen) atoms. The van der Waals surface area contributed by atoms with Crippen molar-refractivity contribution in [3.05, 3.63) is 35.7 Å². The first-order chi connectivity index (χ1) is 13.0. The molecular weight excluding hydrogens is 360 g/mol. The maximum atomic E-state index is 12.0. The summed E-state index contributed by atoms with van der Waals surface area (Å²) in [5.74, 6) is 2.49. The highest BCUT2D eigenvalue weighted by atomic mass is 32.2. The normalized spacial score (nSPS) is 13.8. The second kappa shape index (κ2) is 9.26. The van der Waals surface area contributed by atoms with Crippen LogP contribution in [0.4, 0.5) is 0 Å². The van der Waals surface area contributed by atoms with Gasteiger partial charge in [0.1, 0.15) is 12.4 Å². The maximum absolute atomic E-state index is 12.0. The summed E-state index contributed by atoms with van der Waals surface area (Å²) in [6.45, 7) is 7.60. The van der Waals surface area contributed by atoms with Crippen LogP contribution in [0.15, 0.2) is 29.4 Å². The van der Waals surface area contributed by atoms with Crippen molar-refractivity contribution in [2.75, 3.05) is 5.75 Å². The average molecular weight is 389 g/mol. The Bertz CT molecular complexity index is 754. The molecule has 0 aliphatic heterocycles. The van der Waals surface area contributed by atoms with E-state index in [4.69, 9.17) is 4.74 Å². The molecule has 3 rings (SSSR count). The van der Waals surface area contributed by atoms with Gasteiger partial charge in [-0.3, -0.25) is 4.79 Å². The lowest BCUT2D eigenvalue weighted by Crippen LogP contribution is -2.27. The van der Waals surface area contributed by atoms with Crippen LogP contribution in [0.1, 0.15) is 45.0 Å². The summed E-state index contributed by atoms with van der Waals surface area (Å²) in [4.78, 5) is 12.0. The van der Waals surface area contributed by atoms with Gasteiger partial charge in [-0.05, 0) is 42.9 Å². The van der Waals surface area contributed by atoms with Gasteiger partial charge in [0.25, 0.3) is 0 Å². The summed E-state index contributed by atoms with van der Waals surface area (Å²) >= 11 is 1.44. The Hall–Kier alpha value is -2.02. The van der Waals surface area contributed by atoms with Gasteiger partial charge in [0, 0.05) is 12.6 Å². The lowest BCUT2D eigenvalue weighted by atomic mass is 10.2. The molecule has 6 nitrogen and oxygen atoms in total. The van der Waals surface area contributed by atoms with Crippen molar-refractivity contribution in [2.24, 2.45) is 5.92 Å². The van der Waals surface area contributed by atoms with E-state index in [1.165, 1.54) is 17.3 Å². The van der Waals surface area contributed by atoms with Gasteiger partial charge < -0.3 is 14.6 Å². The quantitative estimate of drug-likeness (QED) is 0.632. The SMILES string of the molecule is CCc1ccc(OCc2nnc(SCC(=O)NC3CC3)n2CC(C)C)cc1. The molecule has 1 heterocycles. The summed E-state index contributed by atoms with van der Waals surface area (Å²) in [5.41, 5.74) is 1.29. The molecule has 1 aromatic heterocycles. The average Bonchev–Trinajstić information content (AvgIpc) is 3.39. The van der Waals surface area contributed by atoms with E-state index in [-0.39, 0.29) is 5.91 Å². The first kappa shape index (κ1) is 19.7. The van der Waals surface area contributed by atoms with Crippen LogP contribution in [0.25, 0.3) is 0 Å². The number of thioether (sulfide) groups is 1. The van der Waals surface area contributed by atoms with Crippen LogP contribution in [0, 0.1) is 5.92 Å². The van der Waals surface area contributed by atoms with E-state index in [1.54, 1.807) is 0 Å². The molecule has 146 valence electrons. The second-order valence-electron chi connectivity index (χ2n) is 7.32. The molecule has 1 N–H and O–H groups in total. The van der Waals surface area contributed by atoms with E-state index in [0.29, 0.717) is 24.3 Å². The van der Waals surface area contributed by atoms with Gasteiger partial charge in [0.15, 0.2) is 11.0 Å². The zero-order valence-electron chi connectivity index (χ0n) is 16.3. The molecule has 1 saturated carbocycles. The Morgan fingerprint density at radius 3 is 2.67 bits per heavy atom. The van der Waals surface area contributed by atoms with Gasteiger partial charge in [0.05, 0.1) is 5.75 Å². The molecule has 0 saturated heterocycles. The highest BCUT2D eigenvalue weighted by Crippen LogP contribution is 2.22. The molecule has 0 spiro atoms. The Balaban J connectivity index is 1.62. The van der Waals surface area contributed by atoms with Gasteiger partial charge in [-0.1, -0.05) is 44.7 Å². The molecule has 0 bridgehead atoms. The van der Waals surface area contributed by atoms with E-state index in [1.807, 2.05) is 12.1 Å². The minimum Gasteiger partial charge on any atom is -0.486 e. The summed E-state index contributed by atoms with van der Waals surface area (Å²) in [5, 5.41) is 12.4. The summed E-state index contributed by atoms with van der Waals surface area (Å²) < 4.78 is 7.97. The van der Waals surface area contributed by atoms with Gasteiger partial charge in [-0.25, -0.2) is 0 Å². The number of hydrogen-bond donors (Lipinski definition) is 1. The predicted molar refractivity (Wildman–Crippen MR) is 107 cm³/mol. The van der Waals surface area contributed by atoms with Crippen molar-refractivity contribution in [3.63, 3.8) is 0 Å². The number of amides is 1. The van der Waals surface area contributed by atoms with Gasteiger partial charge in [-0.2, -0.15) is 0 Å². The molecule has 1 aliphatic rings. The summed E-state index contributed by atoms with van der Waals surface area (Å²) in [6, 6.07) is 8.51. The fraction of sp³-hybridized carbons (Fsp3) is 0.550. The van der Waals surface area contributed by atoms with Crippen LogP contribution in [-0.4, -0.2) is 32.5 Å². The van der Waals surface area contributed by atoms with Crippen LogP contribution in [0.2, 0.25) is 0 Å². The Morgan fingerprint density at radius 2 is 2.04 bits per heavy atom. The predicted octanol–water partition coefficient (Wildman–Crippen LogP) is 3.45. The Morgan fingerprint density at radius 1 is 1.30 bits per heavy atom. The number of aryl methyl sites for hydroxylation is 1. The standard InChI is InChI=1S/C20H28N4O2S/c1-4-15-5-9-17(10-6-15)26-12-18-22-23-20(24(18)11-14(2)3)27-13-19(25)21-16-7-8-16/h5-6,9-10,14,16H,4,7-8,11-13H2,1-3H3,(H,21,25). The number of carbonyl (C=O) groups excluding carboxylic acids is 1. The lowest BCUT2D eigenvalue weighted by molar-refractivity contribution is -0.118. The molecule has 1 fully saturated rings. The third-order valence-electron chi connectivity index (χ3n) is 4.32. The topological polar surface area (TPSA) is 69.0 Å². The van der Waals surface area contributed by atoms with Gasteiger partial charge in [-0.15, -0.1) is 10.2 Å². The Labute approximate surface area is 165 Å². The minimum absolute atomic E-state index is 0.0652. The highest BCUT2D eigenvalue weighted by Gasteiger charge is 2.23. The first-order valence-electron chi connectivity index (χ1n) is 9.61. The zero-order chi connectivity index (χ0) is 19.2. The number of aromatic nitrogens is 3. The maximum Gasteiger partial charge on any atom is 0.230 e. The molecule has 7 heteroatoms. The van der Waals surface area contributed by atoms with Crippen molar-refractivity contribution < 1.29 is 9.53 Å². The van der Waals surface area contributed by atoms with Crippen LogP contribution >= 0.6 is 11.8 Å². The number of rotatable bonds is 10. The number of nitrogens with zero attached hydrogens (tertiary/aromatic N) is 3. The fourth-order valence-electron chi connectivity index (χ4n) is 2.68. The summed E-state index contributed by atoms with van der Waals surface area (Å²) in [7, 11) is 0. The number of carbonyl (C=O) groups is 1. The minimum atomic E-state index is 0.0652. The molecule has 0 unspecified atom stereocenters. The zero-order valence-corrected chi connectivity index (χ0v) is 17.1. The molecule has 1 aliphatic carbocycles. The molecule has 0 radical (unpaired) electrons.